The van der Waals surface area contributed by atoms with Gasteiger partial charge in [-0.05, 0) is 19.1 Å². The maximum Gasteiger partial charge on any atom is 0.270 e. The van der Waals surface area contributed by atoms with Crippen molar-refractivity contribution in [2.75, 3.05) is 6.61 Å². The molecule has 0 saturated carbocycles. The van der Waals surface area contributed by atoms with Crippen LogP contribution in [0.3, 0.4) is 0 Å². The third-order valence-electron chi connectivity index (χ3n) is 1.66. The van der Waals surface area contributed by atoms with Crippen LogP contribution in [0.5, 0.6) is 5.75 Å². The molecule has 1 radical (unpaired) electrons. The minimum absolute atomic E-state index is 0.0135. The highest BCUT2D eigenvalue weighted by Crippen LogP contribution is 2.23. The van der Waals surface area contributed by atoms with Gasteiger partial charge >= 0.3 is 0 Å². The van der Waals surface area contributed by atoms with Crippen LogP contribution < -0.4 is 4.74 Å². The summed E-state index contributed by atoms with van der Waals surface area (Å²) in [4.78, 5) is 9.99. The van der Waals surface area contributed by atoms with E-state index < -0.39 is 4.92 Å². The highest BCUT2D eigenvalue weighted by Gasteiger charge is 2.09. The average Bonchev–Trinajstić information content (AvgIpc) is 2.18. The summed E-state index contributed by atoms with van der Waals surface area (Å²) in [7, 11) is 0. The molecule has 0 fully saturated rings. The van der Waals surface area contributed by atoms with E-state index in [1.807, 2.05) is 6.92 Å². The number of non-ortho nitro benzene ring substituents is 1. The van der Waals surface area contributed by atoms with Crippen molar-refractivity contribution in [3.63, 3.8) is 0 Å². The van der Waals surface area contributed by atoms with Gasteiger partial charge in [-0.15, -0.1) is 0 Å². The highest BCUT2D eigenvalue weighted by molar-refractivity contribution is 5.46. The third kappa shape index (κ3) is 2.10. The first-order chi connectivity index (χ1) is 6.69. The van der Waals surface area contributed by atoms with Gasteiger partial charge in [0.1, 0.15) is 5.75 Å². The standard InChI is InChI=1S/C10H10NO3/c1-3-8-7-9(11(12)13)5-6-10(8)14-4-2/h5-7H,1,4H2,2H3. The van der Waals surface area contributed by atoms with E-state index in [9.17, 15) is 10.1 Å². The molecule has 0 aliphatic rings. The summed E-state index contributed by atoms with van der Waals surface area (Å²) in [6, 6.07) is 4.33. The van der Waals surface area contributed by atoms with E-state index in [-0.39, 0.29) is 5.69 Å². The normalized spacial score (nSPS) is 9.50. The molecule has 0 spiro atoms. The van der Waals surface area contributed by atoms with Gasteiger partial charge < -0.3 is 4.74 Å². The number of hydrogen-bond acceptors (Lipinski definition) is 3. The molecule has 0 bridgehead atoms. The van der Waals surface area contributed by atoms with Gasteiger partial charge in [-0.2, -0.15) is 0 Å². The molecule has 1 rings (SSSR count). The first kappa shape index (κ1) is 10.2. The predicted molar refractivity (Wildman–Crippen MR) is 52.2 cm³/mol. The second-order valence-electron chi connectivity index (χ2n) is 2.55. The van der Waals surface area contributed by atoms with Crippen molar-refractivity contribution in [2.24, 2.45) is 0 Å². The Morgan fingerprint density at radius 3 is 2.86 bits per heavy atom. The molecular weight excluding hydrogens is 182 g/mol. The first-order valence-corrected chi connectivity index (χ1v) is 4.13. The van der Waals surface area contributed by atoms with E-state index in [0.717, 1.165) is 0 Å². The summed E-state index contributed by atoms with van der Waals surface area (Å²) < 4.78 is 5.24. The minimum Gasteiger partial charge on any atom is -0.493 e. The van der Waals surface area contributed by atoms with Crippen LogP contribution in [0, 0.1) is 16.2 Å². The molecular formula is C10H10NO3. The van der Waals surface area contributed by atoms with Crippen LogP contribution in [-0.4, -0.2) is 11.5 Å². The predicted octanol–water partition coefficient (Wildman–Crippen LogP) is 2.33. The second-order valence-corrected chi connectivity index (χ2v) is 2.55. The van der Waals surface area contributed by atoms with E-state index >= 15 is 0 Å². The monoisotopic (exact) mass is 192 g/mol. The van der Waals surface area contributed by atoms with Crippen molar-refractivity contribution in [3.05, 3.63) is 46.5 Å². The van der Waals surface area contributed by atoms with Crippen LogP contribution in [0.2, 0.25) is 0 Å². The van der Waals surface area contributed by atoms with Gasteiger partial charge in [0.2, 0.25) is 0 Å². The topological polar surface area (TPSA) is 52.4 Å². The lowest BCUT2D eigenvalue weighted by Gasteiger charge is -2.05. The van der Waals surface area contributed by atoms with Crippen LogP contribution in [-0.2, 0) is 0 Å². The average molecular weight is 192 g/mol. The highest BCUT2D eigenvalue weighted by atomic mass is 16.6. The van der Waals surface area contributed by atoms with Crippen molar-refractivity contribution >= 4 is 5.69 Å². The summed E-state index contributed by atoms with van der Waals surface area (Å²) in [5.74, 6) is 0.563. The van der Waals surface area contributed by atoms with E-state index in [1.165, 1.54) is 12.1 Å². The first-order valence-electron chi connectivity index (χ1n) is 4.13. The second kappa shape index (κ2) is 4.41. The molecule has 0 heterocycles. The van der Waals surface area contributed by atoms with E-state index in [2.05, 4.69) is 12.7 Å². The van der Waals surface area contributed by atoms with Crippen molar-refractivity contribution in [1.82, 2.24) is 0 Å². The molecule has 0 unspecified atom stereocenters. The Balaban J connectivity index is 3.11. The zero-order valence-electron chi connectivity index (χ0n) is 7.82. The zero-order valence-corrected chi connectivity index (χ0v) is 7.82. The van der Waals surface area contributed by atoms with Gasteiger partial charge in [-0.1, -0.05) is 6.58 Å². The number of benzene rings is 1. The Morgan fingerprint density at radius 2 is 2.36 bits per heavy atom. The fraction of sp³-hybridized carbons (Fsp3) is 0.200. The van der Waals surface area contributed by atoms with Crippen molar-refractivity contribution in [3.8, 4) is 5.75 Å². The largest absolute Gasteiger partial charge is 0.493 e. The van der Waals surface area contributed by atoms with Crippen molar-refractivity contribution in [2.45, 2.75) is 6.92 Å². The lowest BCUT2D eigenvalue weighted by Crippen LogP contribution is -1.95. The molecule has 73 valence electrons. The number of nitro groups is 1. The Kier molecular flexibility index (Phi) is 3.23. The molecule has 0 saturated heterocycles. The van der Waals surface area contributed by atoms with Crippen molar-refractivity contribution < 1.29 is 9.66 Å². The van der Waals surface area contributed by atoms with E-state index in [1.54, 1.807) is 6.07 Å². The molecule has 0 aliphatic carbocycles. The molecule has 0 N–H and O–H groups in total. The van der Waals surface area contributed by atoms with Gasteiger partial charge in [0, 0.05) is 17.7 Å². The molecule has 4 nitrogen and oxygen atoms in total. The van der Waals surface area contributed by atoms with Crippen LogP contribution >= 0.6 is 0 Å². The lowest BCUT2D eigenvalue weighted by molar-refractivity contribution is -0.384. The smallest absolute Gasteiger partial charge is 0.270 e. The Morgan fingerprint density at radius 1 is 1.64 bits per heavy atom. The molecule has 4 heteroatoms. The molecule has 1 aromatic rings. The Labute approximate surface area is 82.0 Å². The third-order valence-corrected chi connectivity index (χ3v) is 1.66. The van der Waals surface area contributed by atoms with E-state index in [4.69, 9.17) is 4.74 Å². The minimum atomic E-state index is -0.462. The number of nitro benzene ring substituents is 1. The quantitative estimate of drug-likeness (QED) is 0.543. The Hall–Kier alpha value is -1.84. The van der Waals surface area contributed by atoms with Gasteiger partial charge in [0.05, 0.1) is 11.5 Å². The number of rotatable bonds is 4. The molecule has 1 aromatic carbocycles. The zero-order chi connectivity index (χ0) is 10.6. The summed E-state index contributed by atoms with van der Waals surface area (Å²) in [6.07, 6.45) is 2.60. The maximum absolute atomic E-state index is 10.5. The fourth-order valence-corrected chi connectivity index (χ4v) is 1.05. The van der Waals surface area contributed by atoms with Crippen LogP contribution in [0.4, 0.5) is 5.69 Å². The number of hydrogen-bond donors (Lipinski definition) is 0. The summed E-state index contributed by atoms with van der Waals surface area (Å²) in [6.45, 7) is 5.79. The lowest BCUT2D eigenvalue weighted by atomic mass is 10.2. The molecule has 0 atom stereocenters. The molecule has 14 heavy (non-hydrogen) atoms. The van der Waals surface area contributed by atoms with Gasteiger partial charge in [-0.3, -0.25) is 10.1 Å². The maximum atomic E-state index is 10.5. The SMILES string of the molecule is C=[C]c1cc([N+](=O)[O-])ccc1OCC. The van der Waals surface area contributed by atoms with Gasteiger partial charge in [0.15, 0.2) is 0 Å². The number of nitrogens with zero attached hydrogens (tertiary/aromatic N) is 1. The molecule has 0 amide bonds. The van der Waals surface area contributed by atoms with Gasteiger partial charge in [0.25, 0.3) is 5.69 Å². The Bertz CT molecular complexity index is 360. The molecule has 0 aliphatic heterocycles. The summed E-state index contributed by atoms with van der Waals surface area (Å²) in [5, 5.41) is 10.5. The van der Waals surface area contributed by atoms with Crippen LogP contribution in [0.15, 0.2) is 24.8 Å². The molecule has 0 aromatic heterocycles. The van der Waals surface area contributed by atoms with E-state index in [0.29, 0.717) is 17.9 Å². The summed E-state index contributed by atoms with van der Waals surface area (Å²) >= 11 is 0. The fourth-order valence-electron chi connectivity index (χ4n) is 1.05. The van der Waals surface area contributed by atoms with Crippen molar-refractivity contribution in [1.29, 1.82) is 0 Å². The van der Waals surface area contributed by atoms with Crippen LogP contribution in [0.1, 0.15) is 12.5 Å². The summed E-state index contributed by atoms with van der Waals surface area (Å²) in [5.41, 5.74) is 0.528. The van der Waals surface area contributed by atoms with Crippen LogP contribution in [0.25, 0.3) is 0 Å². The van der Waals surface area contributed by atoms with Gasteiger partial charge in [-0.25, -0.2) is 0 Å². The number of ether oxygens (including phenoxy) is 1.